The van der Waals surface area contributed by atoms with Gasteiger partial charge in [0.1, 0.15) is 0 Å². The molecule has 2 nitrogen and oxygen atoms in total. The summed E-state index contributed by atoms with van der Waals surface area (Å²) < 4.78 is 0. The van der Waals surface area contributed by atoms with Gasteiger partial charge in [-0.15, -0.1) is 0 Å². The quantitative estimate of drug-likeness (QED) is 0.713. The third kappa shape index (κ3) is 2.97. The van der Waals surface area contributed by atoms with Crippen molar-refractivity contribution in [3.63, 3.8) is 0 Å². The van der Waals surface area contributed by atoms with E-state index in [2.05, 4.69) is 36.7 Å². The fourth-order valence-electron chi connectivity index (χ4n) is 1.84. The third-order valence-electron chi connectivity index (χ3n) is 2.85. The third-order valence-corrected chi connectivity index (χ3v) is 4.37. The molecule has 1 unspecified atom stereocenters. The molecule has 0 aromatic rings. The van der Waals surface area contributed by atoms with Gasteiger partial charge in [-0.05, 0) is 11.3 Å². The van der Waals surface area contributed by atoms with E-state index in [0.717, 1.165) is 31.3 Å². The molecule has 1 rings (SSSR count). The van der Waals surface area contributed by atoms with Crippen LogP contribution >= 0.6 is 15.9 Å². The molecule has 0 aliphatic carbocycles. The van der Waals surface area contributed by atoms with Gasteiger partial charge in [-0.1, -0.05) is 43.1 Å². The zero-order valence-electron chi connectivity index (χ0n) is 9.35. The molecule has 82 valence electrons. The van der Waals surface area contributed by atoms with Crippen LogP contribution < -0.4 is 0 Å². The molecule has 0 aromatic carbocycles. The van der Waals surface area contributed by atoms with Crippen molar-refractivity contribution in [1.82, 2.24) is 4.90 Å². The summed E-state index contributed by atoms with van der Waals surface area (Å²) in [7, 11) is 0. The van der Waals surface area contributed by atoms with Gasteiger partial charge >= 0.3 is 0 Å². The molecule has 0 bridgehead atoms. The summed E-state index contributed by atoms with van der Waals surface area (Å²) in [5, 5.41) is 0.945. The number of nitrogens with zero attached hydrogens (tertiary/aromatic N) is 1. The van der Waals surface area contributed by atoms with Crippen molar-refractivity contribution in [2.24, 2.45) is 11.3 Å². The molecule has 0 radical (unpaired) electrons. The average molecular weight is 262 g/mol. The molecule has 0 aromatic heterocycles. The van der Waals surface area contributed by atoms with Gasteiger partial charge in [0.15, 0.2) is 0 Å². The minimum atomic E-state index is 0.193. The van der Waals surface area contributed by atoms with Gasteiger partial charge in [-0.3, -0.25) is 4.79 Å². The number of halogens is 1. The van der Waals surface area contributed by atoms with E-state index in [1.54, 1.807) is 0 Å². The van der Waals surface area contributed by atoms with E-state index in [0.29, 0.717) is 11.8 Å². The summed E-state index contributed by atoms with van der Waals surface area (Å²) in [5.41, 5.74) is 0.193. The standard InChI is InChI=1S/C11H20BrNO/c1-4-9-5-10(14)13(6-9)8-11(2,3)7-12/h9H,4-8H2,1-3H3. The van der Waals surface area contributed by atoms with Crippen molar-refractivity contribution >= 4 is 21.8 Å². The number of hydrogen-bond donors (Lipinski definition) is 0. The summed E-state index contributed by atoms with van der Waals surface area (Å²) in [5.74, 6) is 0.930. The molecule has 3 heteroatoms. The maximum atomic E-state index is 11.6. The van der Waals surface area contributed by atoms with Crippen molar-refractivity contribution in [3.05, 3.63) is 0 Å². The van der Waals surface area contributed by atoms with Crippen molar-refractivity contribution in [1.29, 1.82) is 0 Å². The highest BCUT2D eigenvalue weighted by Crippen LogP contribution is 2.26. The first kappa shape index (κ1) is 12.0. The molecule has 0 N–H and O–H groups in total. The highest BCUT2D eigenvalue weighted by atomic mass is 79.9. The molecule has 14 heavy (non-hydrogen) atoms. The van der Waals surface area contributed by atoms with Gasteiger partial charge in [0.25, 0.3) is 0 Å². The Morgan fingerprint density at radius 2 is 2.21 bits per heavy atom. The molecule has 1 aliphatic rings. The second-order valence-corrected chi connectivity index (χ2v) is 5.61. The average Bonchev–Trinajstić information content (AvgIpc) is 2.47. The largest absolute Gasteiger partial charge is 0.342 e. The van der Waals surface area contributed by atoms with Crippen LogP contribution in [0.3, 0.4) is 0 Å². The first-order valence-corrected chi connectivity index (χ1v) is 6.44. The molecule has 1 amide bonds. The van der Waals surface area contributed by atoms with Gasteiger partial charge in [0, 0.05) is 24.8 Å². The van der Waals surface area contributed by atoms with Crippen LogP contribution in [0.2, 0.25) is 0 Å². The van der Waals surface area contributed by atoms with Crippen LogP contribution in [0.5, 0.6) is 0 Å². The predicted octanol–water partition coefficient (Wildman–Crippen LogP) is 2.67. The zero-order chi connectivity index (χ0) is 10.8. The predicted molar refractivity (Wildman–Crippen MR) is 62.6 cm³/mol. The Morgan fingerprint density at radius 1 is 1.57 bits per heavy atom. The maximum Gasteiger partial charge on any atom is 0.222 e. The van der Waals surface area contributed by atoms with E-state index in [1.165, 1.54) is 0 Å². The number of rotatable bonds is 4. The summed E-state index contributed by atoms with van der Waals surface area (Å²) in [6, 6.07) is 0. The van der Waals surface area contributed by atoms with Crippen LogP contribution in [0.25, 0.3) is 0 Å². The summed E-state index contributed by atoms with van der Waals surface area (Å²) in [4.78, 5) is 13.7. The molecule has 1 aliphatic heterocycles. The normalized spacial score (nSPS) is 23.3. The molecular formula is C11H20BrNO. The van der Waals surface area contributed by atoms with E-state index >= 15 is 0 Å². The molecule has 0 saturated carbocycles. The fraction of sp³-hybridized carbons (Fsp3) is 0.909. The summed E-state index contributed by atoms with van der Waals surface area (Å²) in [6.45, 7) is 8.39. The SMILES string of the molecule is CCC1CC(=O)N(CC(C)(C)CBr)C1. The van der Waals surface area contributed by atoms with Crippen LogP contribution in [0.4, 0.5) is 0 Å². The lowest BCUT2D eigenvalue weighted by Gasteiger charge is -2.28. The van der Waals surface area contributed by atoms with Gasteiger partial charge in [-0.2, -0.15) is 0 Å². The topological polar surface area (TPSA) is 20.3 Å². The van der Waals surface area contributed by atoms with E-state index in [1.807, 2.05) is 4.90 Å². The van der Waals surface area contributed by atoms with E-state index < -0.39 is 0 Å². The second-order valence-electron chi connectivity index (χ2n) is 5.05. The van der Waals surface area contributed by atoms with Crippen molar-refractivity contribution < 1.29 is 4.79 Å². The fourth-order valence-corrected chi connectivity index (χ4v) is 2.02. The van der Waals surface area contributed by atoms with Gasteiger partial charge < -0.3 is 4.90 Å². The number of carbonyl (C=O) groups excluding carboxylic acids is 1. The van der Waals surface area contributed by atoms with E-state index in [9.17, 15) is 4.79 Å². The highest BCUT2D eigenvalue weighted by Gasteiger charge is 2.31. The Labute approximate surface area is 95.2 Å². The summed E-state index contributed by atoms with van der Waals surface area (Å²) >= 11 is 3.49. The first-order valence-electron chi connectivity index (χ1n) is 5.32. The van der Waals surface area contributed by atoms with Crippen LogP contribution in [0, 0.1) is 11.3 Å². The number of alkyl halides is 1. The van der Waals surface area contributed by atoms with Crippen molar-refractivity contribution in [2.45, 2.75) is 33.6 Å². The lowest BCUT2D eigenvalue weighted by Crippen LogP contribution is -2.36. The minimum Gasteiger partial charge on any atom is -0.342 e. The van der Waals surface area contributed by atoms with Crippen LogP contribution in [0.1, 0.15) is 33.6 Å². The number of carbonyl (C=O) groups is 1. The zero-order valence-corrected chi connectivity index (χ0v) is 10.9. The molecular weight excluding hydrogens is 242 g/mol. The monoisotopic (exact) mass is 261 g/mol. The Hall–Kier alpha value is -0.0500. The summed E-state index contributed by atoms with van der Waals surface area (Å²) in [6.07, 6.45) is 1.88. The van der Waals surface area contributed by atoms with Crippen LogP contribution in [0.15, 0.2) is 0 Å². The Kier molecular flexibility index (Phi) is 3.99. The first-order chi connectivity index (χ1) is 6.48. The molecule has 1 saturated heterocycles. The van der Waals surface area contributed by atoms with Crippen LogP contribution in [-0.4, -0.2) is 29.2 Å². The molecule has 0 spiro atoms. The van der Waals surface area contributed by atoms with E-state index in [4.69, 9.17) is 0 Å². The molecule has 1 fully saturated rings. The number of amides is 1. The molecule has 1 heterocycles. The lowest BCUT2D eigenvalue weighted by atomic mass is 9.96. The Bertz CT molecular complexity index is 215. The maximum absolute atomic E-state index is 11.6. The van der Waals surface area contributed by atoms with Crippen molar-refractivity contribution in [2.75, 3.05) is 18.4 Å². The van der Waals surface area contributed by atoms with E-state index in [-0.39, 0.29) is 5.41 Å². The number of hydrogen-bond acceptors (Lipinski definition) is 1. The van der Waals surface area contributed by atoms with Crippen LogP contribution in [-0.2, 0) is 4.79 Å². The van der Waals surface area contributed by atoms with Gasteiger partial charge in [0.05, 0.1) is 0 Å². The second kappa shape index (κ2) is 4.65. The van der Waals surface area contributed by atoms with Gasteiger partial charge in [-0.25, -0.2) is 0 Å². The Balaban J connectivity index is 2.50. The number of likely N-dealkylation sites (tertiary alicyclic amines) is 1. The lowest BCUT2D eigenvalue weighted by molar-refractivity contribution is -0.128. The van der Waals surface area contributed by atoms with Gasteiger partial charge in [0.2, 0.25) is 5.91 Å². The van der Waals surface area contributed by atoms with Crippen molar-refractivity contribution in [3.8, 4) is 0 Å². The highest BCUT2D eigenvalue weighted by molar-refractivity contribution is 9.09. The smallest absolute Gasteiger partial charge is 0.222 e. The molecule has 1 atom stereocenters. The Morgan fingerprint density at radius 3 is 2.64 bits per heavy atom. The minimum absolute atomic E-state index is 0.193.